The normalized spacial score (nSPS) is 15.9. The van der Waals surface area contributed by atoms with Crippen molar-refractivity contribution in [3.8, 4) is 0 Å². The molecule has 0 aliphatic heterocycles. The van der Waals surface area contributed by atoms with E-state index in [1.807, 2.05) is 6.92 Å². The molecule has 0 saturated heterocycles. The fourth-order valence-electron chi connectivity index (χ4n) is 1.48. The third-order valence-corrected chi connectivity index (χ3v) is 3.37. The van der Waals surface area contributed by atoms with Crippen LogP contribution in [0.4, 0.5) is 5.13 Å². The second kappa shape index (κ2) is 4.28. The Hall–Kier alpha value is -0.610. The van der Waals surface area contributed by atoms with Crippen molar-refractivity contribution in [2.75, 3.05) is 25.2 Å². The van der Waals surface area contributed by atoms with Crippen LogP contribution in [0.3, 0.4) is 0 Å². The van der Waals surface area contributed by atoms with Crippen molar-refractivity contribution in [3.05, 3.63) is 11.1 Å². The van der Waals surface area contributed by atoms with Crippen LogP contribution in [-0.2, 0) is 4.74 Å². The van der Waals surface area contributed by atoms with Crippen LogP contribution in [-0.4, -0.2) is 31.3 Å². The van der Waals surface area contributed by atoms with E-state index in [-0.39, 0.29) is 0 Å². The number of aryl methyl sites for hydroxylation is 1. The number of hydrogen-bond acceptors (Lipinski definition) is 4. The van der Waals surface area contributed by atoms with E-state index in [2.05, 4.69) is 15.3 Å². The van der Waals surface area contributed by atoms with E-state index in [4.69, 9.17) is 4.74 Å². The molecule has 1 heterocycles. The smallest absolute Gasteiger partial charge is 0.185 e. The average Bonchev–Trinajstić information content (AvgIpc) is 2.91. The highest BCUT2D eigenvalue weighted by Gasteiger charge is 2.30. The summed E-state index contributed by atoms with van der Waals surface area (Å²) in [6.45, 7) is 3.80. The lowest BCUT2D eigenvalue weighted by Gasteiger charge is -2.20. The topological polar surface area (TPSA) is 25.4 Å². The van der Waals surface area contributed by atoms with Crippen molar-refractivity contribution in [3.63, 3.8) is 0 Å². The van der Waals surface area contributed by atoms with E-state index in [1.165, 1.54) is 12.8 Å². The molecule has 1 aromatic rings. The highest BCUT2D eigenvalue weighted by Crippen LogP contribution is 2.32. The molecule has 0 spiro atoms. The zero-order chi connectivity index (χ0) is 9.97. The molecule has 0 aromatic carbocycles. The molecule has 14 heavy (non-hydrogen) atoms. The highest BCUT2D eigenvalue weighted by molar-refractivity contribution is 7.13. The lowest BCUT2D eigenvalue weighted by atomic mass is 10.5. The Labute approximate surface area is 88.7 Å². The van der Waals surface area contributed by atoms with E-state index in [0.29, 0.717) is 0 Å². The molecule has 78 valence electrons. The Morgan fingerprint density at radius 3 is 2.93 bits per heavy atom. The number of anilines is 1. The first-order valence-corrected chi connectivity index (χ1v) is 5.87. The molecule has 0 amide bonds. The van der Waals surface area contributed by atoms with Gasteiger partial charge >= 0.3 is 0 Å². The molecule has 1 aliphatic carbocycles. The molecule has 3 nitrogen and oxygen atoms in total. The van der Waals surface area contributed by atoms with Crippen molar-refractivity contribution in [1.82, 2.24) is 4.98 Å². The zero-order valence-electron chi connectivity index (χ0n) is 8.69. The van der Waals surface area contributed by atoms with Gasteiger partial charge in [-0.15, -0.1) is 11.3 Å². The van der Waals surface area contributed by atoms with E-state index in [1.54, 1.807) is 18.4 Å². The lowest BCUT2D eigenvalue weighted by molar-refractivity contribution is 0.205. The van der Waals surface area contributed by atoms with Gasteiger partial charge in [-0.05, 0) is 19.8 Å². The van der Waals surface area contributed by atoms with Crippen molar-refractivity contribution in [1.29, 1.82) is 0 Å². The predicted molar refractivity (Wildman–Crippen MR) is 59.1 cm³/mol. The van der Waals surface area contributed by atoms with Gasteiger partial charge in [-0.3, -0.25) is 0 Å². The highest BCUT2D eigenvalue weighted by atomic mass is 32.1. The van der Waals surface area contributed by atoms with Gasteiger partial charge in [-0.25, -0.2) is 4.98 Å². The summed E-state index contributed by atoms with van der Waals surface area (Å²) < 4.78 is 5.11. The number of methoxy groups -OCH3 is 1. The maximum atomic E-state index is 5.11. The molecule has 1 saturated carbocycles. The fraction of sp³-hybridized carbons (Fsp3) is 0.700. The molecule has 0 unspecified atom stereocenters. The third kappa shape index (κ3) is 2.25. The minimum absolute atomic E-state index is 0.718. The molecular formula is C10H16N2OS. The number of hydrogen-bond donors (Lipinski definition) is 0. The van der Waals surface area contributed by atoms with Crippen LogP contribution in [0.15, 0.2) is 5.38 Å². The van der Waals surface area contributed by atoms with E-state index < -0.39 is 0 Å². The second-order valence-corrected chi connectivity index (χ2v) is 4.53. The van der Waals surface area contributed by atoms with Gasteiger partial charge in [-0.1, -0.05) is 0 Å². The summed E-state index contributed by atoms with van der Waals surface area (Å²) in [5, 5.41) is 3.26. The minimum atomic E-state index is 0.718. The van der Waals surface area contributed by atoms with E-state index in [9.17, 15) is 0 Å². The SMILES string of the molecule is COCCN(c1nc(C)cs1)C1CC1. The first kappa shape index (κ1) is 9.93. The Balaban J connectivity index is 2.02. The summed E-state index contributed by atoms with van der Waals surface area (Å²) in [6, 6.07) is 0.718. The molecule has 4 heteroatoms. The van der Waals surface area contributed by atoms with Crippen LogP contribution in [0.5, 0.6) is 0 Å². The van der Waals surface area contributed by atoms with Gasteiger partial charge < -0.3 is 9.64 Å². The Kier molecular flexibility index (Phi) is 3.03. The molecule has 0 N–H and O–H groups in total. The lowest BCUT2D eigenvalue weighted by Crippen LogP contribution is -2.29. The maximum absolute atomic E-state index is 5.11. The summed E-state index contributed by atoms with van der Waals surface area (Å²) in [4.78, 5) is 6.89. The number of ether oxygens (including phenoxy) is 1. The molecule has 1 aromatic heterocycles. The first-order valence-electron chi connectivity index (χ1n) is 4.99. The molecule has 1 aliphatic rings. The van der Waals surface area contributed by atoms with Crippen LogP contribution < -0.4 is 4.90 Å². The molecule has 1 fully saturated rings. The summed E-state index contributed by atoms with van der Waals surface area (Å²) in [5.41, 5.74) is 1.12. The number of rotatable bonds is 5. The van der Waals surface area contributed by atoms with Gasteiger partial charge in [0.15, 0.2) is 5.13 Å². The Bertz CT molecular complexity index is 296. The predicted octanol–water partition coefficient (Wildman–Crippen LogP) is 2.07. The average molecular weight is 212 g/mol. The van der Waals surface area contributed by atoms with Gasteiger partial charge in [0.05, 0.1) is 12.3 Å². The van der Waals surface area contributed by atoms with E-state index >= 15 is 0 Å². The summed E-state index contributed by atoms with van der Waals surface area (Å²) in [7, 11) is 1.75. The van der Waals surface area contributed by atoms with Gasteiger partial charge in [0.2, 0.25) is 0 Å². The molecule has 0 radical (unpaired) electrons. The molecule has 0 atom stereocenters. The van der Waals surface area contributed by atoms with Crippen LogP contribution in [0.2, 0.25) is 0 Å². The van der Waals surface area contributed by atoms with Crippen LogP contribution in [0.25, 0.3) is 0 Å². The van der Waals surface area contributed by atoms with Crippen molar-refractivity contribution in [2.45, 2.75) is 25.8 Å². The third-order valence-electron chi connectivity index (χ3n) is 2.38. The maximum Gasteiger partial charge on any atom is 0.185 e. The zero-order valence-corrected chi connectivity index (χ0v) is 9.51. The number of aromatic nitrogens is 1. The van der Waals surface area contributed by atoms with Crippen molar-refractivity contribution < 1.29 is 4.74 Å². The Morgan fingerprint density at radius 1 is 1.64 bits per heavy atom. The van der Waals surface area contributed by atoms with Crippen molar-refractivity contribution >= 4 is 16.5 Å². The quantitative estimate of drug-likeness (QED) is 0.747. The van der Waals surface area contributed by atoms with E-state index in [0.717, 1.165) is 30.0 Å². The number of nitrogens with zero attached hydrogens (tertiary/aromatic N) is 2. The monoisotopic (exact) mass is 212 g/mol. The number of thiazole rings is 1. The summed E-state index contributed by atoms with van der Waals surface area (Å²) in [5.74, 6) is 0. The van der Waals surface area contributed by atoms with Crippen LogP contribution in [0.1, 0.15) is 18.5 Å². The second-order valence-electron chi connectivity index (χ2n) is 3.69. The summed E-state index contributed by atoms with van der Waals surface area (Å²) >= 11 is 1.74. The largest absolute Gasteiger partial charge is 0.383 e. The fourth-order valence-corrected chi connectivity index (χ4v) is 2.38. The van der Waals surface area contributed by atoms with Crippen LogP contribution in [0, 0.1) is 6.92 Å². The summed E-state index contributed by atoms with van der Waals surface area (Å²) in [6.07, 6.45) is 2.62. The molecule has 2 rings (SSSR count). The van der Waals surface area contributed by atoms with Gasteiger partial charge in [0.25, 0.3) is 0 Å². The van der Waals surface area contributed by atoms with Gasteiger partial charge in [0.1, 0.15) is 0 Å². The van der Waals surface area contributed by atoms with Gasteiger partial charge in [-0.2, -0.15) is 0 Å². The standard InChI is InChI=1S/C10H16N2OS/c1-8-7-14-10(11-8)12(5-6-13-2)9-3-4-9/h7,9H,3-6H2,1-2H3. The van der Waals surface area contributed by atoms with Crippen molar-refractivity contribution in [2.24, 2.45) is 0 Å². The first-order chi connectivity index (χ1) is 6.81. The molecular weight excluding hydrogens is 196 g/mol. The molecule has 0 bridgehead atoms. The minimum Gasteiger partial charge on any atom is -0.383 e. The Morgan fingerprint density at radius 2 is 2.43 bits per heavy atom. The van der Waals surface area contributed by atoms with Crippen LogP contribution >= 0.6 is 11.3 Å². The van der Waals surface area contributed by atoms with Gasteiger partial charge in [0, 0.05) is 25.1 Å².